The van der Waals surface area contributed by atoms with Crippen LogP contribution in [-0.4, -0.2) is 18.7 Å². The van der Waals surface area contributed by atoms with Gasteiger partial charge >= 0.3 is 6.18 Å². The predicted octanol–water partition coefficient (Wildman–Crippen LogP) is 2.57. The van der Waals surface area contributed by atoms with Crippen LogP contribution < -0.4 is 5.48 Å². The molecular formula is C9H16F3NO2. The zero-order chi connectivity index (χ0) is 11.7. The summed E-state index contributed by atoms with van der Waals surface area (Å²) in [6, 6.07) is 0. The third-order valence-corrected chi connectivity index (χ3v) is 1.68. The van der Waals surface area contributed by atoms with Gasteiger partial charge in [-0.25, -0.2) is 5.48 Å². The molecule has 3 nitrogen and oxygen atoms in total. The Balaban J connectivity index is 3.34. The average Bonchev–Trinajstić information content (AvgIpc) is 2.10. The van der Waals surface area contributed by atoms with Crippen LogP contribution in [0.2, 0.25) is 0 Å². The lowest BCUT2D eigenvalue weighted by Crippen LogP contribution is -2.29. The van der Waals surface area contributed by atoms with E-state index >= 15 is 0 Å². The van der Waals surface area contributed by atoms with Crippen molar-refractivity contribution < 1.29 is 22.8 Å². The molecule has 0 aliphatic rings. The van der Waals surface area contributed by atoms with E-state index in [2.05, 4.69) is 4.84 Å². The van der Waals surface area contributed by atoms with E-state index in [0.717, 1.165) is 19.3 Å². The smallest absolute Gasteiger partial charge is 0.273 e. The molecule has 0 saturated heterocycles. The summed E-state index contributed by atoms with van der Waals surface area (Å²) in [5, 5.41) is 0. The molecule has 90 valence electrons. The molecule has 15 heavy (non-hydrogen) atoms. The van der Waals surface area contributed by atoms with Crippen molar-refractivity contribution in [1.29, 1.82) is 0 Å². The van der Waals surface area contributed by atoms with Gasteiger partial charge in [-0.3, -0.25) is 9.63 Å². The molecule has 0 aliphatic carbocycles. The molecule has 0 aliphatic heterocycles. The van der Waals surface area contributed by atoms with Gasteiger partial charge in [0.2, 0.25) is 5.91 Å². The van der Waals surface area contributed by atoms with Crippen molar-refractivity contribution in [2.75, 3.05) is 6.61 Å². The van der Waals surface area contributed by atoms with Gasteiger partial charge in [-0.2, -0.15) is 13.2 Å². The molecule has 0 aromatic heterocycles. The minimum Gasteiger partial charge on any atom is -0.273 e. The van der Waals surface area contributed by atoms with Gasteiger partial charge in [-0.15, -0.1) is 0 Å². The first-order valence-electron chi connectivity index (χ1n) is 4.93. The van der Waals surface area contributed by atoms with Crippen molar-refractivity contribution in [3.8, 4) is 0 Å². The zero-order valence-electron chi connectivity index (χ0n) is 8.69. The van der Waals surface area contributed by atoms with Crippen molar-refractivity contribution in [1.82, 2.24) is 5.48 Å². The quantitative estimate of drug-likeness (QED) is 0.536. The van der Waals surface area contributed by atoms with Gasteiger partial charge in [-0.1, -0.05) is 26.2 Å². The fraction of sp³-hybridized carbons (Fsp3) is 0.889. The number of carbonyl (C=O) groups excluding carboxylic acids is 1. The molecule has 0 aromatic carbocycles. The van der Waals surface area contributed by atoms with E-state index in [1.807, 2.05) is 6.92 Å². The van der Waals surface area contributed by atoms with E-state index < -0.39 is 18.7 Å². The standard InChI is InChI=1S/C9H16F3NO2/c1-2-3-4-5-6-8(14)13-15-7-9(10,11)12/h2-7H2,1H3,(H,13,14). The topological polar surface area (TPSA) is 38.3 Å². The lowest BCUT2D eigenvalue weighted by atomic mass is 10.1. The first-order chi connectivity index (χ1) is 6.95. The van der Waals surface area contributed by atoms with Crippen molar-refractivity contribution >= 4 is 5.91 Å². The Kier molecular flexibility index (Phi) is 7.11. The summed E-state index contributed by atoms with van der Waals surface area (Å²) >= 11 is 0. The number of rotatable bonds is 7. The van der Waals surface area contributed by atoms with Crippen molar-refractivity contribution in [3.63, 3.8) is 0 Å². The summed E-state index contributed by atoms with van der Waals surface area (Å²) in [4.78, 5) is 14.9. The number of nitrogens with one attached hydrogen (secondary N) is 1. The van der Waals surface area contributed by atoms with Crippen LogP contribution in [-0.2, 0) is 9.63 Å². The summed E-state index contributed by atoms with van der Waals surface area (Å²) in [6.45, 7) is 0.584. The summed E-state index contributed by atoms with van der Waals surface area (Å²) in [5.74, 6) is -0.504. The molecule has 0 spiro atoms. The van der Waals surface area contributed by atoms with E-state index in [1.165, 1.54) is 0 Å². The number of hydrogen-bond donors (Lipinski definition) is 1. The number of unbranched alkanes of at least 4 members (excludes halogenated alkanes) is 3. The Morgan fingerprint density at radius 3 is 2.47 bits per heavy atom. The number of halogens is 3. The Hall–Kier alpha value is -0.780. The van der Waals surface area contributed by atoms with Gasteiger partial charge in [0.05, 0.1) is 0 Å². The summed E-state index contributed by atoms with van der Waals surface area (Å²) < 4.78 is 34.7. The highest BCUT2D eigenvalue weighted by atomic mass is 19.4. The predicted molar refractivity (Wildman–Crippen MR) is 48.9 cm³/mol. The van der Waals surface area contributed by atoms with Gasteiger partial charge in [0, 0.05) is 6.42 Å². The number of alkyl halides is 3. The van der Waals surface area contributed by atoms with Crippen molar-refractivity contribution in [2.45, 2.75) is 45.2 Å². The van der Waals surface area contributed by atoms with Crippen molar-refractivity contribution in [3.05, 3.63) is 0 Å². The summed E-state index contributed by atoms with van der Waals surface area (Å²) in [7, 11) is 0. The van der Waals surface area contributed by atoms with E-state index in [1.54, 1.807) is 5.48 Å². The molecule has 6 heteroatoms. The van der Waals surface area contributed by atoms with E-state index in [4.69, 9.17) is 0 Å². The Bertz CT molecular complexity index is 183. The van der Waals surface area contributed by atoms with Gasteiger partial charge in [0.1, 0.15) is 0 Å². The van der Waals surface area contributed by atoms with E-state index in [0.29, 0.717) is 6.42 Å². The fourth-order valence-electron chi connectivity index (χ4n) is 0.962. The maximum Gasteiger partial charge on any atom is 0.414 e. The number of amides is 1. The summed E-state index contributed by atoms with van der Waals surface area (Å²) in [5.41, 5.74) is 1.76. The Labute approximate surface area is 86.9 Å². The SMILES string of the molecule is CCCCCCC(=O)NOCC(F)(F)F. The largest absolute Gasteiger partial charge is 0.414 e. The maximum atomic E-state index is 11.6. The first kappa shape index (κ1) is 14.2. The van der Waals surface area contributed by atoms with Crippen molar-refractivity contribution in [2.24, 2.45) is 0 Å². The van der Waals surface area contributed by atoms with Crippen LogP contribution in [0.3, 0.4) is 0 Å². The van der Waals surface area contributed by atoms with Crippen LogP contribution in [0.1, 0.15) is 39.0 Å². The van der Waals surface area contributed by atoms with Crippen LogP contribution in [0.4, 0.5) is 13.2 Å². The van der Waals surface area contributed by atoms with Crippen LogP contribution in [0.15, 0.2) is 0 Å². The van der Waals surface area contributed by atoms with E-state index in [9.17, 15) is 18.0 Å². The fourth-order valence-corrected chi connectivity index (χ4v) is 0.962. The number of hydroxylamine groups is 1. The monoisotopic (exact) mass is 227 g/mol. The molecule has 0 radical (unpaired) electrons. The van der Waals surface area contributed by atoms with Gasteiger partial charge in [0.15, 0.2) is 6.61 Å². The molecule has 0 aromatic rings. The second-order valence-electron chi connectivity index (χ2n) is 3.24. The molecule has 0 atom stereocenters. The van der Waals surface area contributed by atoms with Crippen LogP contribution >= 0.6 is 0 Å². The number of hydrogen-bond acceptors (Lipinski definition) is 2. The third-order valence-electron chi connectivity index (χ3n) is 1.68. The molecule has 1 N–H and O–H groups in total. The Morgan fingerprint density at radius 2 is 1.93 bits per heavy atom. The molecule has 0 fully saturated rings. The highest BCUT2D eigenvalue weighted by Crippen LogP contribution is 2.13. The molecule has 0 bridgehead atoms. The minimum atomic E-state index is -4.41. The van der Waals surface area contributed by atoms with Gasteiger partial charge in [0.25, 0.3) is 0 Å². The lowest BCUT2D eigenvalue weighted by molar-refractivity contribution is -0.191. The molecule has 0 unspecified atom stereocenters. The highest BCUT2D eigenvalue weighted by molar-refractivity contribution is 5.74. The zero-order valence-corrected chi connectivity index (χ0v) is 8.69. The highest BCUT2D eigenvalue weighted by Gasteiger charge is 2.28. The minimum absolute atomic E-state index is 0.206. The normalized spacial score (nSPS) is 11.5. The first-order valence-corrected chi connectivity index (χ1v) is 4.93. The molecule has 0 rings (SSSR count). The second kappa shape index (κ2) is 7.50. The molecule has 0 heterocycles. The van der Waals surface area contributed by atoms with Crippen LogP contribution in [0.25, 0.3) is 0 Å². The average molecular weight is 227 g/mol. The maximum absolute atomic E-state index is 11.6. The van der Waals surface area contributed by atoms with Crippen LogP contribution in [0, 0.1) is 0 Å². The molecule has 1 amide bonds. The Morgan fingerprint density at radius 1 is 1.27 bits per heavy atom. The van der Waals surface area contributed by atoms with E-state index in [-0.39, 0.29) is 6.42 Å². The van der Waals surface area contributed by atoms with Crippen LogP contribution in [0.5, 0.6) is 0 Å². The summed E-state index contributed by atoms with van der Waals surface area (Å²) in [6.07, 6.45) is -0.547. The second-order valence-corrected chi connectivity index (χ2v) is 3.24. The lowest BCUT2D eigenvalue weighted by Gasteiger charge is -2.07. The third kappa shape index (κ3) is 11.1. The number of carbonyl (C=O) groups is 1. The molecular weight excluding hydrogens is 211 g/mol. The molecule has 0 saturated carbocycles. The van der Waals surface area contributed by atoms with Gasteiger partial charge < -0.3 is 0 Å². The van der Waals surface area contributed by atoms with Gasteiger partial charge in [-0.05, 0) is 6.42 Å².